The van der Waals surface area contributed by atoms with Gasteiger partial charge in [-0.3, -0.25) is 4.79 Å². The molecule has 1 unspecified atom stereocenters. The van der Waals surface area contributed by atoms with Gasteiger partial charge in [0.25, 0.3) is 0 Å². The van der Waals surface area contributed by atoms with Crippen molar-refractivity contribution in [1.29, 1.82) is 0 Å². The largest absolute Gasteiger partial charge is 0.450 e. The van der Waals surface area contributed by atoms with Crippen LogP contribution in [0.25, 0.3) is 0 Å². The van der Waals surface area contributed by atoms with E-state index < -0.39 is 0 Å². The summed E-state index contributed by atoms with van der Waals surface area (Å²) in [5.41, 5.74) is 2.48. The molecule has 1 aromatic rings. The summed E-state index contributed by atoms with van der Waals surface area (Å²) in [6.07, 6.45) is 2.28. The quantitative estimate of drug-likeness (QED) is 0.908. The second-order valence-corrected chi connectivity index (χ2v) is 6.84. The van der Waals surface area contributed by atoms with Gasteiger partial charge < -0.3 is 19.9 Å². The van der Waals surface area contributed by atoms with Gasteiger partial charge in [-0.25, -0.2) is 4.79 Å². The second kappa shape index (κ2) is 7.76. The van der Waals surface area contributed by atoms with Crippen molar-refractivity contribution in [1.82, 2.24) is 10.2 Å². The summed E-state index contributed by atoms with van der Waals surface area (Å²) in [6, 6.07) is 8.76. The van der Waals surface area contributed by atoms with Crippen molar-refractivity contribution in [3.05, 3.63) is 29.8 Å². The van der Waals surface area contributed by atoms with Crippen molar-refractivity contribution in [2.45, 2.75) is 45.2 Å². The number of carbonyl (C=O) groups is 2. The van der Waals surface area contributed by atoms with E-state index >= 15 is 0 Å². The van der Waals surface area contributed by atoms with Gasteiger partial charge in [0.05, 0.1) is 13.2 Å². The molecule has 1 N–H and O–H groups in total. The van der Waals surface area contributed by atoms with Crippen molar-refractivity contribution in [2.24, 2.45) is 0 Å². The molecule has 0 radical (unpaired) electrons. The molecule has 3 rings (SSSR count). The van der Waals surface area contributed by atoms with Crippen LogP contribution in [0, 0.1) is 0 Å². The lowest BCUT2D eigenvalue weighted by atomic mass is 10.1. The van der Waals surface area contributed by atoms with Crippen molar-refractivity contribution in [2.75, 3.05) is 31.1 Å². The number of hydrogen-bond acceptors (Lipinski definition) is 4. The molecule has 6 heteroatoms. The number of hydrogen-bond donors (Lipinski definition) is 1. The number of fused-ring (bicyclic) bond motifs is 1. The highest BCUT2D eigenvalue weighted by Gasteiger charge is 2.29. The van der Waals surface area contributed by atoms with Crippen LogP contribution in [-0.2, 0) is 16.0 Å². The molecule has 6 nitrogen and oxygen atoms in total. The van der Waals surface area contributed by atoms with Gasteiger partial charge in [-0.1, -0.05) is 18.2 Å². The number of carbonyl (C=O) groups excluding carboxylic acids is 2. The summed E-state index contributed by atoms with van der Waals surface area (Å²) in [7, 11) is 0. The van der Waals surface area contributed by atoms with E-state index in [0.717, 1.165) is 19.3 Å². The van der Waals surface area contributed by atoms with Crippen LogP contribution in [0.2, 0.25) is 0 Å². The molecule has 0 saturated carbocycles. The normalized spacial score (nSPS) is 20.3. The Hall–Kier alpha value is -2.24. The average molecular weight is 345 g/mol. The Morgan fingerprint density at radius 3 is 2.68 bits per heavy atom. The SMILES string of the molecule is CCOC(=O)N1CCC(NC(=O)CN2c3ccccc3CC2C)CC1. The third-order valence-corrected chi connectivity index (χ3v) is 5.05. The summed E-state index contributed by atoms with van der Waals surface area (Å²) in [4.78, 5) is 28.1. The van der Waals surface area contributed by atoms with E-state index in [-0.39, 0.29) is 18.0 Å². The minimum atomic E-state index is -0.255. The molecule has 1 aromatic carbocycles. The molecule has 1 fully saturated rings. The zero-order chi connectivity index (χ0) is 17.8. The minimum Gasteiger partial charge on any atom is -0.450 e. The fraction of sp³-hybridized carbons (Fsp3) is 0.579. The molecule has 2 amide bonds. The maximum atomic E-state index is 12.5. The monoisotopic (exact) mass is 345 g/mol. The molecule has 2 aliphatic rings. The van der Waals surface area contributed by atoms with Crippen LogP contribution < -0.4 is 10.2 Å². The minimum absolute atomic E-state index is 0.0538. The number of piperidine rings is 1. The average Bonchev–Trinajstić information content (AvgIpc) is 2.91. The predicted octanol–water partition coefficient (Wildman–Crippen LogP) is 2.17. The summed E-state index contributed by atoms with van der Waals surface area (Å²) < 4.78 is 5.02. The van der Waals surface area contributed by atoms with Gasteiger partial charge in [-0.2, -0.15) is 0 Å². The van der Waals surface area contributed by atoms with Crippen molar-refractivity contribution < 1.29 is 14.3 Å². The Morgan fingerprint density at radius 1 is 1.24 bits per heavy atom. The zero-order valence-corrected chi connectivity index (χ0v) is 15.0. The first-order valence-corrected chi connectivity index (χ1v) is 9.14. The fourth-order valence-electron chi connectivity index (χ4n) is 3.72. The lowest BCUT2D eigenvalue weighted by Gasteiger charge is -2.32. The van der Waals surface area contributed by atoms with E-state index in [2.05, 4.69) is 29.3 Å². The molecule has 136 valence electrons. The summed E-state index contributed by atoms with van der Waals surface area (Å²) in [5, 5.41) is 3.13. The number of rotatable bonds is 4. The Morgan fingerprint density at radius 2 is 1.96 bits per heavy atom. The van der Waals surface area contributed by atoms with Crippen molar-refractivity contribution in [3.8, 4) is 0 Å². The van der Waals surface area contributed by atoms with E-state index in [1.54, 1.807) is 4.90 Å². The first kappa shape index (κ1) is 17.6. The summed E-state index contributed by atoms with van der Waals surface area (Å²) in [6.45, 7) is 6.01. The number of ether oxygens (including phenoxy) is 1. The van der Waals surface area contributed by atoms with E-state index in [4.69, 9.17) is 4.74 Å². The highest BCUT2D eigenvalue weighted by Crippen LogP contribution is 2.31. The number of nitrogens with one attached hydrogen (secondary N) is 1. The van der Waals surface area contributed by atoms with Crippen LogP contribution in [0.15, 0.2) is 24.3 Å². The Bertz CT molecular complexity index is 626. The van der Waals surface area contributed by atoms with Gasteiger partial charge in [0.15, 0.2) is 0 Å². The van der Waals surface area contributed by atoms with E-state index in [1.165, 1.54) is 11.3 Å². The molecule has 1 atom stereocenters. The smallest absolute Gasteiger partial charge is 0.409 e. The molecule has 2 aliphatic heterocycles. The molecular weight excluding hydrogens is 318 g/mol. The van der Waals surface area contributed by atoms with Crippen LogP contribution in [-0.4, -0.2) is 55.2 Å². The van der Waals surface area contributed by atoms with Crippen molar-refractivity contribution in [3.63, 3.8) is 0 Å². The molecular formula is C19H27N3O3. The Balaban J connectivity index is 1.49. The molecule has 25 heavy (non-hydrogen) atoms. The summed E-state index contributed by atoms with van der Waals surface area (Å²) in [5.74, 6) is 0.0538. The van der Waals surface area contributed by atoms with Crippen LogP contribution in [0.3, 0.4) is 0 Å². The molecule has 0 bridgehead atoms. The van der Waals surface area contributed by atoms with E-state index in [9.17, 15) is 9.59 Å². The summed E-state index contributed by atoms with van der Waals surface area (Å²) >= 11 is 0. The lowest BCUT2D eigenvalue weighted by molar-refractivity contribution is -0.120. The molecule has 0 aromatic heterocycles. The molecule has 1 saturated heterocycles. The zero-order valence-electron chi connectivity index (χ0n) is 15.0. The van der Waals surface area contributed by atoms with Gasteiger partial charge in [-0.15, -0.1) is 0 Å². The van der Waals surface area contributed by atoms with E-state index in [1.807, 2.05) is 19.1 Å². The number of nitrogens with zero attached hydrogens (tertiary/aromatic N) is 2. The first-order valence-electron chi connectivity index (χ1n) is 9.14. The third kappa shape index (κ3) is 4.06. The number of anilines is 1. The van der Waals surface area contributed by atoms with Crippen LogP contribution in [0.1, 0.15) is 32.3 Å². The second-order valence-electron chi connectivity index (χ2n) is 6.84. The van der Waals surface area contributed by atoms with Crippen LogP contribution in [0.5, 0.6) is 0 Å². The van der Waals surface area contributed by atoms with Gasteiger partial charge in [-0.05, 0) is 44.7 Å². The topological polar surface area (TPSA) is 61.9 Å². The standard InChI is InChI=1S/C19H27N3O3/c1-3-25-19(24)21-10-8-16(9-11-21)20-18(23)13-22-14(2)12-15-6-4-5-7-17(15)22/h4-7,14,16H,3,8-13H2,1-2H3,(H,20,23). The Kier molecular flexibility index (Phi) is 5.46. The highest BCUT2D eigenvalue weighted by atomic mass is 16.6. The maximum Gasteiger partial charge on any atom is 0.409 e. The molecule has 0 aliphatic carbocycles. The first-order chi connectivity index (χ1) is 12.1. The Labute approximate surface area is 149 Å². The maximum absolute atomic E-state index is 12.5. The van der Waals surface area contributed by atoms with Gasteiger partial charge >= 0.3 is 6.09 Å². The van der Waals surface area contributed by atoms with Gasteiger partial charge in [0.1, 0.15) is 0 Å². The van der Waals surface area contributed by atoms with Crippen molar-refractivity contribution >= 4 is 17.7 Å². The number of likely N-dealkylation sites (tertiary alicyclic amines) is 1. The van der Waals surface area contributed by atoms with Gasteiger partial charge in [0, 0.05) is 30.9 Å². The number of amides is 2. The third-order valence-electron chi connectivity index (χ3n) is 5.05. The van der Waals surface area contributed by atoms with E-state index in [0.29, 0.717) is 32.3 Å². The lowest BCUT2D eigenvalue weighted by Crippen LogP contribution is -2.49. The molecule has 2 heterocycles. The number of para-hydroxylation sites is 1. The van der Waals surface area contributed by atoms with Gasteiger partial charge in [0.2, 0.25) is 5.91 Å². The number of benzene rings is 1. The van der Waals surface area contributed by atoms with Crippen LogP contribution in [0.4, 0.5) is 10.5 Å². The molecule has 0 spiro atoms. The highest BCUT2D eigenvalue weighted by molar-refractivity contribution is 5.83. The predicted molar refractivity (Wildman–Crippen MR) is 96.7 cm³/mol. The fourth-order valence-corrected chi connectivity index (χ4v) is 3.72. The van der Waals surface area contributed by atoms with Crippen LogP contribution >= 0.6 is 0 Å².